The lowest BCUT2D eigenvalue weighted by atomic mass is 10.1. The van der Waals surface area contributed by atoms with Gasteiger partial charge < -0.3 is 19.7 Å². The smallest absolute Gasteiger partial charge is 0.0774 e. The second kappa shape index (κ2) is 8.44. The summed E-state index contributed by atoms with van der Waals surface area (Å²) < 4.78 is 9.89. The van der Waals surface area contributed by atoms with Crippen LogP contribution in [-0.4, -0.2) is 49.4 Å². The van der Waals surface area contributed by atoms with Crippen LogP contribution in [0.15, 0.2) is 0 Å². The minimum absolute atomic E-state index is 0.316. The monoisotopic (exact) mass is 192 g/mol. The molecule has 0 aliphatic carbocycles. The molecule has 0 bridgehead atoms. The Kier molecular flexibility index (Phi) is 8.33. The number of ether oxygens (including phenoxy) is 2. The van der Waals surface area contributed by atoms with Crippen LogP contribution in [0.1, 0.15) is 19.8 Å². The third-order valence-corrected chi connectivity index (χ3v) is 1.66. The Bertz CT molecular complexity index is 106. The molecule has 13 heavy (non-hydrogen) atoms. The van der Waals surface area contributed by atoms with Gasteiger partial charge in [0.15, 0.2) is 0 Å². The molecule has 2 N–H and O–H groups in total. The van der Waals surface area contributed by atoms with E-state index in [0.29, 0.717) is 32.7 Å². The molecule has 0 saturated heterocycles. The fraction of sp³-hybridized carbons (Fsp3) is 1.00. The molecule has 0 aliphatic rings. The van der Waals surface area contributed by atoms with Crippen molar-refractivity contribution in [3.8, 4) is 0 Å². The maximum atomic E-state index is 9.32. The molecule has 0 aliphatic heterocycles. The van der Waals surface area contributed by atoms with Crippen LogP contribution in [0, 0.1) is 0 Å². The van der Waals surface area contributed by atoms with Crippen LogP contribution >= 0.6 is 0 Å². The maximum Gasteiger partial charge on any atom is 0.0774 e. The van der Waals surface area contributed by atoms with Crippen molar-refractivity contribution in [3.63, 3.8) is 0 Å². The van der Waals surface area contributed by atoms with Gasteiger partial charge in [0.1, 0.15) is 0 Å². The summed E-state index contributed by atoms with van der Waals surface area (Å²) in [4.78, 5) is 0. The predicted molar refractivity (Wildman–Crippen MR) is 49.6 cm³/mol. The number of methoxy groups -OCH3 is 1. The van der Waals surface area contributed by atoms with E-state index in [1.54, 1.807) is 14.0 Å². The summed E-state index contributed by atoms with van der Waals surface area (Å²) in [6.07, 6.45) is 0.347. The van der Waals surface area contributed by atoms with Crippen LogP contribution in [0.25, 0.3) is 0 Å². The Labute approximate surface area is 79.5 Å². The van der Waals surface area contributed by atoms with Gasteiger partial charge in [-0.25, -0.2) is 0 Å². The van der Waals surface area contributed by atoms with Crippen LogP contribution in [0.3, 0.4) is 0 Å². The molecule has 0 heterocycles. The topological polar surface area (TPSA) is 58.9 Å². The lowest BCUT2D eigenvalue weighted by Crippen LogP contribution is -2.18. The molecule has 0 aromatic heterocycles. The zero-order valence-electron chi connectivity index (χ0n) is 8.40. The van der Waals surface area contributed by atoms with Crippen molar-refractivity contribution in [1.82, 2.24) is 0 Å². The van der Waals surface area contributed by atoms with Crippen molar-refractivity contribution >= 4 is 0 Å². The molecule has 0 aromatic carbocycles. The first-order valence-corrected chi connectivity index (χ1v) is 4.59. The average molecular weight is 192 g/mol. The fourth-order valence-electron chi connectivity index (χ4n) is 0.879. The minimum Gasteiger partial charge on any atom is -0.393 e. The number of aliphatic hydroxyl groups is 2. The van der Waals surface area contributed by atoms with Gasteiger partial charge in [0.05, 0.1) is 32.0 Å². The highest BCUT2D eigenvalue weighted by Crippen LogP contribution is 2.01. The molecule has 0 saturated carbocycles. The summed E-state index contributed by atoms with van der Waals surface area (Å²) in [7, 11) is 1.60. The highest BCUT2D eigenvalue weighted by Gasteiger charge is 2.05. The fourth-order valence-corrected chi connectivity index (χ4v) is 0.879. The normalized spacial score (nSPS) is 15.7. The Balaban J connectivity index is 3.15. The van der Waals surface area contributed by atoms with E-state index >= 15 is 0 Å². The van der Waals surface area contributed by atoms with Crippen LogP contribution in [0.2, 0.25) is 0 Å². The van der Waals surface area contributed by atoms with Gasteiger partial charge in [-0.15, -0.1) is 0 Å². The van der Waals surface area contributed by atoms with Gasteiger partial charge in [-0.2, -0.15) is 0 Å². The molecular formula is C9H20O4. The Morgan fingerprint density at radius 2 is 1.85 bits per heavy atom. The summed E-state index contributed by atoms with van der Waals surface area (Å²) in [5.74, 6) is 0. The largest absolute Gasteiger partial charge is 0.393 e. The highest BCUT2D eigenvalue weighted by atomic mass is 16.5. The zero-order valence-corrected chi connectivity index (χ0v) is 8.40. The molecule has 2 unspecified atom stereocenters. The standard InChI is InChI=1S/C9H20O4/c1-8(10)3-4-9(11)7-13-6-5-12-2/h8-11H,3-7H2,1-2H3. The second-order valence-corrected chi connectivity index (χ2v) is 3.15. The lowest BCUT2D eigenvalue weighted by molar-refractivity contribution is 0.00559. The summed E-state index contributed by atoms with van der Waals surface area (Å²) in [5, 5.41) is 18.3. The van der Waals surface area contributed by atoms with Crippen molar-refractivity contribution in [2.75, 3.05) is 26.9 Å². The van der Waals surface area contributed by atoms with Gasteiger partial charge in [-0.1, -0.05) is 0 Å². The average Bonchev–Trinajstić information content (AvgIpc) is 2.09. The van der Waals surface area contributed by atoms with E-state index in [9.17, 15) is 5.11 Å². The van der Waals surface area contributed by atoms with Gasteiger partial charge in [0.2, 0.25) is 0 Å². The summed E-state index contributed by atoms with van der Waals surface area (Å²) in [5.41, 5.74) is 0. The summed E-state index contributed by atoms with van der Waals surface area (Å²) in [6, 6.07) is 0. The van der Waals surface area contributed by atoms with Gasteiger partial charge >= 0.3 is 0 Å². The van der Waals surface area contributed by atoms with Crippen molar-refractivity contribution < 1.29 is 19.7 Å². The van der Waals surface area contributed by atoms with Gasteiger partial charge in [0.25, 0.3) is 0 Å². The maximum absolute atomic E-state index is 9.32. The number of aliphatic hydroxyl groups excluding tert-OH is 2. The predicted octanol–water partition coefficient (Wildman–Crippen LogP) is 0.171. The van der Waals surface area contributed by atoms with E-state index in [4.69, 9.17) is 14.6 Å². The molecule has 0 aromatic rings. The van der Waals surface area contributed by atoms with Gasteiger partial charge in [-0.05, 0) is 19.8 Å². The van der Waals surface area contributed by atoms with Crippen LogP contribution < -0.4 is 0 Å². The molecule has 4 heteroatoms. The molecular weight excluding hydrogens is 172 g/mol. The second-order valence-electron chi connectivity index (χ2n) is 3.15. The van der Waals surface area contributed by atoms with E-state index in [-0.39, 0.29) is 6.10 Å². The number of hydrogen-bond acceptors (Lipinski definition) is 4. The van der Waals surface area contributed by atoms with Gasteiger partial charge in [0, 0.05) is 7.11 Å². The molecule has 4 nitrogen and oxygen atoms in total. The molecule has 0 rings (SSSR count). The van der Waals surface area contributed by atoms with E-state index in [1.807, 2.05) is 0 Å². The first-order valence-electron chi connectivity index (χ1n) is 4.59. The van der Waals surface area contributed by atoms with Crippen molar-refractivity contribution in [2.45, 2.75) is 32.0 Å². The highest BCUT2D eigenvalue weighted by molar-refractivity contribution is 4.56. The van der Waals surface area contributed by atoms with Crippen molar-refractivity contribution in [1.29, 1.82) is 0 Å². The lowest BCUT2D eigenvalue weighted by Gasteiger charge is -2.11. The molecule has 80 valence electrons. The van der Waals surface area contributed by atoms with E-state index in [2.05, 4.69) is 0 Å². The third-order valence-electron chi connectivity index (χ3n) is 1.66. The molecule has 0 amide bonds. The Hall–Kier alpha value is -0.160. The SMILES string of the molecule is COCCOCC(O)CCC(C)O. The molecule has 0 fully saturated rings. The van der Waals surface area contributed by atoms with E-state index in [0.717, 1.165) is 0 Å². The Morgan fingerprint density at radius 1 is 1.15 bits per heavy atom. The first kappa shape index (κ1) is 12.8. The first-order chi connectivity index (χ1) is 6.16. The van der Waals surface area contributed by atoms with Crippen molar-refractivity contribution in [2.24, 2.45) is 0 Å². The van der Waals surface area contributed by atoms with Crippen LogP contribution in [0.5, 0.6) is 0 Å². The Morgan fingerprint density at radius 3 is 2.38 bits per heavy atom. The van der Waals surface area contributed by atoms with Crippen molar-refractivity contribution in [3.05, 3.63) is 0 Å². The zero-order chi connectivity index (χ0) is 10.1. The number of rotatable bonds is 8. The van der Waals surface area contributed by atoms with Gasteiger partial charge in [-0.3, -0.25) is 0 Å². The van der Waals surface area contributed by atoms with Crippen LogP contribution in [0.4, 0.5) is 0 Å². The van der Waals surface area contributed by atoms with E-state index in [1.165, 1.54) is 0 Å². The van der Waals surface area contributed by atoms with Crippen LogP contribution in [-0.2, 0) is 9.47 Å². The third kappa shape index (κ3) is 9.76. The summed E-state index contributed by atoms with van der Waals surface area (Å²) >= 11 is 0. The quantitative estimate of drug-likeness (QED) is 0.538. The minimum atomic E-state index is -0.480. The summed E-state index contributed by atoms with van der Waals surface area (Å²) in [6.45, 7) is 3.07. The molecule has 0 radical (unpaired) electrons. The molecule has 0 spiro atoms. The molecule has 2 atom stereocenters. The number of hydrogen-bond donors (Lipinski definition) is 2. The van der Waals surface area contributed by atoms with E-state index < -0.39 is 6.10 Å².